The van der Waals surface area contributed by atoms with Crippen molar-refractivity contribution in [3.63, 3.8) is 0 Å². The number of carbonyl (C=O) groups excluding carboxylic acids is 2. The monoisotopic (exact) mass is 527 g/mol. The highest BCUT2D eigenvalue weighted by molar-refractivity contribution is 6.08. The fourth-order valence-corrected chi connectivity index (χ4v) is 5.43. The molecule has 39 heavy (non-hydrogen) atoms. The molecule has 9 heteroatoms. The van der Waals surface area contributed by atoms with Crippen molar-refractivity contribution in [2.75, 3.05) is 0 Å². The van der Waals surface area contributed by atoms with Gasteiger partial charge in [0.2, 0.25) is 5.82 Å². The maximum absolute atomic E-state index is 13.5. The maximum Gasteiger partial charge on any atom is 0.283 e. The van der Waals surface area contributed by atoms with E-state index in [2.05, 4.69) is 34.5 Å². The molecular weight excluding hydrogens is 490 g/mol. The first kappa shape index (κ1) is 26.9. The van der Waals surface area contributed by atoms with Crippen LogP contribution in [0.15, 0.2) is 53.5 Å². The molecule has 1 atom stereocenters. The summed E-state index contributed by atoms with van der Waals surface area (Å²) in [5, 5.41) is 12.5. The number of carbonyl (C=O) groups is 2. The first-order chi connectivity index (χ1) is 18.8. The van der Waals surface area contributed by atoms with Gasteiger partial charge in [-0.05, 0) is 47.1 Å². The number of aliphatic imine (C=N–C) groups is 1. The molecule has 1 aliphatic carbocycles. The van der Waals surface area contributed by atoms with Crippen LogP contribution in [-0.4, -0.2) is 54.3 Å². The lowest BCUT2D eigenvalue weighted by Gasteiger charge is -2.23. The van der Waals surface area contributed by atoms with Gasteiger partial charge in [0.25, 0.3) is 11.8 Å². The largest absolute Gasteiger partial charge is 0.320 e. The van der Waals surface area contributed by atoms with E-state index >= 15 is 0 Å². The third-order valence-corrected chi connectivity index (χ3v) is 7.87. The Morgan fingerprint density at radius 1 is 1.05 bits per heavy atom. The summed E-state index contributed by atoms with van der Waals surface area (Å²) in [6.45, 7) is 6.45. The Morgan fingerprint density at radius 3 is 2.41 bits per heavy atom. The molecule has 0 saturated heterocycles. The lowest BCUT2D eigenvalue weighted by molar-refractivity contribution is -0.131. The summed E-state index contributed by atoms with van der Waals surface area (Å²) in [5.74, 6) is 1.05. The number of hydrogen-bond acceptors (Lipinski definition) is 7. The number of nitrogens with two attached hydrogens (primary N) is 1. The van der Waals surface area contributed by atoms with E-state index in [1.807, 2.05) is 55.1 Å². The molecule has 2 aromatic carbocycles. The molecule has 1 amide bonds. The highest BCUT2D eigenvalue weighted by atomic mass is 16.2. The molecule has 3 aromatic rings. The molecule has 2 heterocycles. The molecule has 1 aliphatic heterocycles. The van der Waals surface area contributed by atoms with Gasteiger partial charge in [-0.3, -0.25) is 19.5 Å². The summed E-state index contributed by atoms with van der Waals surface area (Å²) >= 11 is 0. The average molecular weight is 528 g/mol. The quantitative estimate of drug-likeness (QED) is 0.424. The summed E-state index contributed by atoms with van der Waals surface area (Å²) < 4.78 is 0. The zero-order valence-electron chi connectivity index (χ0n) is 23.0. The van der Waals surface area contributed by atoms with Crippen LogP contribution in [0, 0.1) is 5.92 Å². The molecule has 1 fully saturated rings. The topological polar surface area (TPSA) is 119 Å². The summed E-state index contributed by atoms with van der Waals surface area (Å²) in [4.78, 5) is 34.0. The maximum atomic E-state index is 13.5. The van der Waals surface area contributed by atoms with Crippen molar-refractivity contribution in [3.8, 4) is 22.5 Å². The predicted molar refractivity (Wildman–Crippen MR) is 151 cm³/mol. The van der Waals surface area contributed by atoms with E-state index in [0.29, 0.717) is 12.4 Å². The fraction of sp³-hybridized carbons (Fsp3) is 0.467. The normalized spacial score (nSPS) is 17.3. The molecule has 204 valence electrons. The fourth-order valence-electron chi connectivity index (χ4n) is 5.43. The van der Waals surface area contributed by atoms with Crippen LogP contribution in [-0.2, 0) is 11.3 Å². The highest BCUT2D eigenvalue weighted by Gasteiger charge is 2.49. The second-order valence-corrected chi connectivity index (χ2v) is 11.0. The number of hydrogen-bond donors (Lipinski definition) is 1. The van der Waals surface area contributed by atoms with Gasteiger partial charge in [0.15, 0.2) is 0 Å². The third kappa shape index (κ3) is 5.28. The van der Waals surface area contributed by atoms with Crippen molar-refractivity contribution in [2.45, 2.75) is 83.8 Å². The predicted octanol–water partition coefficient (Wildman–Crippen LogP) is 4.87. The number of unbranched alkanes of at least 4 members (excludes halogenated alkanes) is 1. The zero-order valence-corrected chi connectivity index (χ0v) is 23.0. The number of amidine groups is 1. The molecule has 2 aliphatic rings. The van der Waals surface area contributed by atoms with Crippen molar-refractivity contribution < 1.29 is 9.59 Å². The smallest absolute Gasteiger partial charge is 0.283 e. The van der Waals surface area contributed by atoms with Crippen LogP contribution < -0.4 is 5.73 Å². The Kier molecular flexibility index (Phi) is 7.70. The lowest BCUT2D eigenvalue weighted by atomic mass is 9.97. The molecule has 1 aromatic heterocycles. The summed E-state index contributed by atoms with van der Waals surface area (Å²) in [6.07, 6.45) is 6.81. The van der Waals surface area contributed by atoms with E-state index in [0.717, 1.165) is 77.8 Å². The number of tetrazole rings is 1. The number of rotatable bonds is 9. The Morgan fingerprint density at radius 2 is 1.74 bits per heavy atom. The van der Waals surface area contributed by atoms with E-state index in [-0.39, 0.29) is 17.7 Å². The SMILES string of the molecule is CCCCC1=NC2(CCCC2)C(=O)N1Cc1ccc(-c2ccccc2-c2nnn(C(=O)C(N)C(C)C)n2)cc1. The molecule has 0 radical (unpaired) electrons. The molecular formula is C30H37N7O2. The average Bonchev–Trinajstić information content (AvgIpc) is 3.69. The Labute approximate surface area is 229 Å². The van der Waals surface area contributed by atoms with E-state index in [9.17, 15) is 9.59 Å². The Bertz CT molecular complexity index is 1370. The minimum absolute atomic E-state index is 0.0358. The molecule has 9 nitrogen and oxygen atoms in total. The molecule has 1 spiro atoms. The van der Waals surface area contributed by atoms with Gasteiger partial charge in [0.05, 0.1) is 12.6 Å². The van der Waals surface area contributed by atoms with Gasteiger partial charge in [0, 0.05) is 12.0 Å². The van der Waals surface area contributed by atoms with Gasteiger partial charge in [0.1, 0.15) is 11.4 Å². The Hall–Kier alpha value is -3.72. The molecule has 5 rings (SSSR count). The number of nitrogens with zero attached hydrogens (tertiary/aromatic N) is 6. The van der Waals surface area contributed by atoms with Gasteiger partial charge in [-0.1, -0.05) is 93.4 Å². The molecule has 2 N–H and O–H groups in total. The van der Waals surface area contributed by atoms with E-state index in [1.54, 1.807) is 0 Å². The van der Waals surface area contributed by atoms with Crippen molar-refractivity contribution in [3.05, 3.63) is 54.1 Å². The van der Waals surface area contributed by atoms with Crippen LogP contribution >= 0.6 is 0 Å². The third-order valence-electron chi connectivity index (χ3n) is 7.87. The van der Waals surface area contributed by atoms with E-state index < -0.39 is 11.6 Å². The van der Waals surface area contributed by atoms with Crippen LogP contribution in [0.25, 0.3) is 22.5 Å². The number of benzene rings is 2. The van der Waals surface area contributed by atoms with Gasteiger partial charge >= 0.3 is 0 Å². The zero-order chi connectivity index (χ0) is 27.6. The van der Waals surface area contributed by atoms with Crippen LogP contribution in [0.3, 0.4) is 0 Å². The van der Waals surface area contributed by atoms with Gasteiger partial charge in [-0.2, -0.15) is 0 Å². The second kappa shape index (κ2) is 11.2. The minimum Gasteiger partial charge on any atom is -0.320 e. The van der Waals surface area contributed by atoms with Crippen LogP contribution in [0.4, 0.5) is 0 Å². The highest BCUT2D eigenvalue weighted by Crippen LogP contribution is 2.40. The summed E-state index contributed by atoms with van der Waals surface area (Å²) in [6, 6.07) is 15.3. The Balaban J connectivity index is 1.36. The molecule has 0 bridgehead atoms. The van der Waals surface area contributed by atoms with Crippen LogP contribution in [0.1, 0.15) is 76.1 Å². The van der Waals surface area contributed by atoms with Gasteiger partial charge in [-0.25, -0.2) is 0 Å². The van der Waals surface area contributed by atoms with Crippen LogP contribution in [0.2, 0.25) is 0 Å². The van der Waals surface area contributed by atoms with Crippen molar-refractivity contribution in [1.29, 1.82) is 0 Å². The van der Waals surface area contributed by atoms with E-state index in [4.69, 9.17) is 10.7 Å². The van der Waals surface area contributed by atoms with Crippen molar-refractivity contribution >= 4 is 17.6 Å². The van der Waals surface area contributed by atoms with Crippen LogP contribution in [0.5, 0.6) is 0 Å². The molecule has 1 saturated carbocycles. The molecule has 1 unspecified atom stereocenters. The van der Waals surface area contributed by atoms with E-state index in [1.165, 1.54) is 0 Å². The van der Waals surface area contributed by atoms with Crippen molar-refractivity contribution in [1.82, 2.24) is 25.1 Å². The summed E-state index contributed by atoms with van der Waals surface area (Å²) in [7, 11) is 0. The lowest BCUT2D eigenvalue weighted by Crippen LogP contribution is -2.40. The standard InChI is InChI=1S/C30H37N7O2/c1-4-5-12-25-32-30(17-8-9-18-30)29(39)36(25)19-21-13-15-22(16-14-21)23-10-6-7-11-24(23)27-33-35-37(34-27)28(38)26(31)20(2)3/h6-7,10-11,13-16,20,26H,4-5,8-9,12,17-19,31H2,1-3H3. The van der Waals surface area contributed by atoms with Gasteiger partial charge < -0.3 is 5.73 Å². The first-order valence-electron chi connectivity index (χ1n) is 14.0. The van der Waals surface area contributed by atoms with Crippen molar-refractivity contribution in [2.24, 2.45) is 16.6 Å². The first-order valence-corrected chi connectivity index (χ1v) is 14.0. The number of aromatic nitrogens is 4. The summed E-state index contributed by atoms with van der Waals surface area (Å²) in [5.41, 5.74) is 9.22. The second-order valence-electron chi connectivity index (χ2n) is 11.0. The van der Waals surface area contributed by atoms with Gasteiger partial charge in [-0.15, -0.1) is 10.2 Å². The number of amides is 1. The minimum atomic E-state index is -0.701.